The summed E-state index contributed by atoms with van der Waals surface area (Å²) < 4.78 is 30.9. The molecule has 0 spiro atoms. The average Bonchev–Trinajstić information content (AvgIpc) is 3.37. The first kappa shape index (κ1) is 22.4. The molecular weight excluding hydrogens is 433 g/mol. The molecule has 0 bridgehead atoms. The Morgan fingerprint density at radius 1 is 1.12 bits per heavy atom. The normalized spacial score (nSPS) is 17.5. The van der Waals surface area contributed by atoms with E-state index in [-0.39, 0.29) is 24.0 Å². The summed E-state index contributed by atoms with van der Waals surface area (Å²) in [5.41, 5.74) is 0.346. The quantitative estimate of drug-likeness (QED) is 0.618. The first-order valence-electron chi connectivity index (χ1n) is 10.3. The van der Waals surface area contributed by atoms with Gasteiger partial charge in [0.25, 0.3) is 0 Å². The number of nitrogens with zero attached hydrogens (tertiary/aromatic N) is 4. The minimum Gasteiger partial charge on any atom is -0.480 e. The number of amides is 1. The maximum atomic E-state index is 13.2. The lowest BCUT2D eigenvalue weighted by Gasteiger charge is -2.21. The van der Waals surface area contributed by atoms with Gasteiger partial charge in [-0.3, -0.25) is 4.79 Å². The van der Waals surface area contributed by atoms with Crippen molar-refractivity contribution in [2.45, 2.75) is 39.0 Å². The predicted molar refractivity (Wildman–Crippen MR) is 117 cm³/mol. The third-order valence-electron chi connectivity index (χ3n) is 4.99. The molecule has 4 rings (SSSR count). The molecule has 3 heterocycles. The highest BCUT2D eigenvalue weighted by molar-refractivity contribution is 6.00. The summed E-state index contributed by atoms with van der Waals surface area (Å²) in [6.45, 7) is 5.26. The Balaban J connectivity index is 1.87. The summed E-state index contributed by atoms with van der Waals surface area (Å²) in [6, 6.07) is 3.28. The van der Waals surface area contributed by atoms with E-state index < -0.39 is 29.7 Å². The van der Waals surface area contributed by atoms with Gasteiger partial charge in [0.15, 0.2) is 0 Å². The van der Waals surface area contributed by atoms with Crippen molar-refractivity contribution in [3.8, 4) is 23.0 Å². The highest BCUT2D eigenvalue weighted by Gasteiger charge is 2.43. The molecular formula is C22H24FN5O5. The molecule has 3 aromatic heterocycles. The van der Waals surface area contributed by atoms with Crippen LogP contribution in [0.5, 0.6) is 11.8 Å². The second-order valence-corrected chi connectivity index (χ2v) is 8.59. The van der Waals surface area contributed by atoms with Crippen LogP contribution in [-0.4, -0.2) is 57.5 Å². The van der Waals surface area contributed by atoms with Gasteiger partial charge in [0.2, 0.25) is 17.7 Å². The van der Waals surface area contributed by atoms with Gasteiger partial charge in [0, 0.05) is 5.39 Å². The van der Waals surface area contributed by atoms with E-state index in [1.165, 1.54) is 31.3 Å². The number of ether oxygens (including phenoxy) is 3. The second kappa shape index (κ2) is 8.30. The maximum absolute atomic E-state index is 13.2. The SMILES string of the molecule is COc1ncnc(OC)c1-c1cc2cc(NC(=O)[C@@H]3C[C@@H]3F)ncc2n1C(=O)OC(C)(C)C. The minimum absolute atomic E-state index is 0.193. The zero-order chi connectivity index (χ0) is 23.9. The number of carbonyl (C=O) groups is 2. The average molecular weight is 457 g/mol. The number of nitrogens with one attached hydrogen (secondary N) is 1. The van der Waals surface area contributed by atoms with Crippen molar-refractivity contribution in [3.63, 3.8) is 0 Å². The number of pyridine rings is 1. The van der Waals surface area contributed by atoms with Crippen LogP contribution in [-0.2, 0) is 9.53 Å². The molecule has 1 aliphatic carbocycles. The molecule has 0 saturated heterocycles. The number of carbonyl (C=O) groups excluding carboxylic acids is 2. The van der Waals surface area contributed by atoms with Gasteiger partial charge < -0.3 is 19.5 Å². The van der Waals surface area contributed by atoms with Gasteiger partial charge in [-0.2, -0.15) is 0 Å². The zero-order valence-electron chi connectivity index (χ0n) is 18.9. The van der Waals surface area contributed by atoms with Crippen LogP contribution in [0.3, 0.4) is 0 Å². The van der Waals surface area contributed by atoms with E-state index in [2.05, 4.69) is 20.3 Å². The largest absolute Gasteiger partial charge is 0.480 e. The lowest BCUT2D eigenvalue weighted by molar-refractivity contribution is -0.117. The van der Waals surface area contributed by atoms with E-state index in [1.54, 1.807) is 32.9 Å². The topological polar surface area (TPSA) is 117 Å². The van der Waals surface area contributed by atoms with Crippen LogP contribution in [0.25, 0.3) is 22.2 Å². The number of methoxy groups -OCH3 is 2. The highest BCUT2D eigenvalue weighted by atomic mass is 19.1. The van der Waals surface area contributed by atoms with Gasteiger partial charge >= 0.3 is 6.09 Å². The van der Waals surface area contributed by atoms with Crippen molar-refractivity contribution in [2.24, 2.45) is 5.92 Å². The molecule has 33 heavy (non-hydrogen) atoms. The van der Waals surface area contributed by atoms with Crippen molar-refractivity contribution in [2.75, 3.05) is 19.5 Å². The molecule has 0 radical (unpaired) electrons. The minimum atomic E-state index is -1.12. The maximum Gasteiger partial charge on any atom is 0.419 e. The number of anilines is 1. The van der Waals surface area contributed by atoms with E-state index in [0.717, 1.165) is 0 Å². The molecule has 174 valence electrons. The van der Waals surface area contributed by atoms with Gasteiger partial charge in [-0.25, -0.2) is 28.7 Å². The van der Waals surface area contributed by atoms with E-state index in [4.69, 9.17) is 14.2 Å². The van der Waals surface area contributed by atoms with Crippen LogP contribution in [0.2, 0.25) is 0 Å². The molecule has 1 fully saturated rings. The third-order valence-corrected chi connectivity index (χ3v) is 4.99. The monoisotopic (exact) mass is 457 g/mol. The van der Waals surface area contributed by atoms with Gasteiger partial charge in [-0.1, -0.05) is 0 Å². The van der Waals surface area contributed by atoms with Gasteiger partial charge in [0.1, 0.15) is 29.5 Å². The van der Waals surface area contributed by atoms with Crippen molar-refractivity contribution >= 4 is 28.7 Å². The number of alkyl halides is 1. The molecule has 11 heteroatoms. The number of rotatable bonds is 5. The molecule has 3 aromatic rings. The summed E-state index contributed by atoms with van der Waals surface area (Å²) in [7, 11) is 2.88. The Kier molecular flexibility index (Phi) is 5.64. The van der Waals surface area contributed by atoms with Crippen LogP contribution in [0.4, 0.5) is 15.0 Å². The predicted octanol–water partition coefficient (Wildman–Crippen LogP) is 3.59. The van der Waals surface area contributed by atoms with E-state index >= 15 is 0 Å². The first-order valence-corrected chi connectivity index (χ1v) is 10.3. The van der Waals surface area contributed by atoms with Gasteiger partial charge in [-0.15, -0.1) is 0 Å². The Morgan fingerprint density at radius 3 is 2.30 bits per heavy atom. The van der Waals surface area contributed by atoms with E-state index in [0.29, 0.717) is 22.2 Å². The fraction of sp³-hybridized carbons (Fsp3) is 0.409. The number of fused-ring (bicyclic) bond motifs is 1. The van der Waals surface area contributed by atoms with Crippen LogP contribution >= 0.6 is 0 Å². The Labute approximate surface area is 189 Å². The highest BCUT2D eigenvalue weighted by Crippen LogP contribution is 2.39. The lowest BCUT2D eigenvalue weighted by atomic mass is 10.2. The van der Waals surface area contributed by atoms with Crippen LogP contribution in [0.15, 0.2) is 24.7 Å². The van der Waals surface area contributed by atoms with Crippen molar-refractivity contribution in [1.29, 1.82) is 0 Å². The summed E-state index contributed by atoms with van der Waals surface area (Å²) in [4.78, 5) is 37.8. The van der Waals surface area contributed by atoms with Crippen LogP contribution in [0.1, 0.15) is 27.2 Å². The Bertz CT molecular complexity index is 1210. The Hall–Kier alpha value is -3.76. The third kappa shape index (κ3) is 4.43. The summed E-state index contributed by atoms with van der Waals surface area (Å²) in [5, 5.41) is 3.19. The number of hydrogen-bond acceptors (Lipinski definition) is 8. The fourth-order valence-corrected chi connectivity index (χ4v) is 3.40. The first-order chi connectivity index (χ1) is 15.6. The summed E-state index contributed by atoms with van der Waals surface area (Å²) in [6.07, 6.45) is 1.15. The zero-order valence-corrected chi connectivity index (χ0v) is 18.9. The number of hydrogen-bond donors (Lipinski definition) is 1. The van der Waals surface area contributed by atoms with Crippen molar-refractivity contribution in [3.05, 3.63) is 24.7 Å². The van der Waals surface area contributed by atoms with Crippen molar-refractivity contribution < 1.29 is 28.2 Å². The molecule has 10 nitrogen and oxygen atoms in total. The number of aromatic nitrogens is 4. The molecule has 0 aromatic carbocycles. The fourth-order valence-electron chi connectivity index (χ4n) is 3.40. The molecule has 1 N–H and O–H groups in total. The summed E-state index contributed by atoms with van der Waals surface area (Å²) >= 11 is 0. The molecule has 0 unspecified atom stereocenters. The van der Waals surface area contributed by atoms with E-state index in [1.807, 2.05) is 0 Å². The van der Waals surface area contributed by atoms with Gasteiger partial charge in [0.05, 0.1) is 37.5 Å². The van der Waals surface area contributed by atoms with Gasteiger partial charge in [-0.05, 0) is 39.3 Å². The Morgan fingerprint density at radius 2 is 1.76 bits per heavy atom. The molecule has 1 saturated carbocycles. The number of halogens is 1. The molecule has 2 atom stereocenters. The summed E-state index contributed by atoms with van der Waals surface area (Å²) in [5.74, 6) is -0.458. The lowest BCUT2D eigenvalue weighted by Crippen LogP contribution is -2.27. The molecule has 0 aliphatic heterocycles. The smallest absolute Gasteiger partial charge is 0.419 e. The molecule has 1 amide bonds. The van der Waals surface area contributed by atoms with Crippen molar-refractivity contribution in [1.82, 2.24) is 19.5 Å². The standard InChI is InChI=1S/C22H24FN5O5/c1-22(2,3)33-21(30)28-14(17-19(31-4)25-10-26-20(17)32-5)6-11-7-16(24-9-15(11)28)27-18(29)12-8-13(12)23/h6-7,9-10,12-13H,8H2,1-5H3,(H,24,27,29)/t12-,13+/m1/s1. The molecule has 1 aliphatic rings. The second-order valence-electron chi connectivity index (χ2n) is 8.59. The van der Waals surface area contributed by atoms with Crippen LogP contribution in [0, 0.1) is 5.92 Å². The van der Waals surface area contributed by atoms with Crippen LogP contribution < -0.4 is 14.8 Å². The van der Waals surface area contributed by atoms with E-state index in [9.17, 15) is 14.0 Å².